The number of ether oxygens (including phenoxy) is 1. The first-order valence-electron chi connectivity index (χ1n) is 6.79. The van der Waals surface area contributed by atoms with Gasteiger partial charge in [0.05, 0.1) is 6.54 Å². The van der Waals surface area contributed by atoms with Crippen LogP contribution in [0.25, 0.3) is 10.8 Å². The maximum absolute atomic E-state index is 11.9. The molecular formula is C15H15N3O4. The van der Waals surface area contributed by atoms with E-state index in [1.807, 2.05) is 42.5 Å². The van der Waals surface area contributed by atoms with Gasteiger partial charge in [0, 0.05) is 6.54 Å². The maximum atomic E-state index is 11.9. The van der Waals surface area contributed by atoms with Gasteiger partial charge >= 0.3 is 12.1 Å². The molecule has 0 aliphatic carbocycles. The van der Waals surface area contributed by atoms with Gasteiger partial charge in [-0.05, 0) is 22.4 Å². The summed E-state index contributed by atoms with van der Waals surface area (Å²) in [5.41, 5.74) is 2.35. The van der Waals surface area contributed by atoms with Crippen LogP contribution in [0.2, 0.25) is 0 Å². The molecule has 1 atom stereocenters. The molecule has 1 saturated heterocycles. The molecule has 1 aliphatic rings. The molecule has 114 valence electrons. The van der Waals surface area contributed by atoms with Crippen LogP contribution in [0.4, 0.5) is 9.59 Å². The van der Waals surface area contributed by atoms with Crippen molar-refractivity contribution >= 4 is 22.9 Å². The van der Waals surface area contributed by atoms with E-state index in [1.165, 1.54) is 5.48 Å². The van der Waals surface area contributed by atoms with Crippen LogP contribution in [-0.4, -0.2) is 35.0 Å². The van der Waals surface area contributed by atoms with Gasteiger partial charge in [-0.15, -0.1) is 0 Å². The SMILES string of the molecule is O=C(NO)O[C@@H]1CN(Cc2ccc3ccccc3c2)C(=O)N1. The normalized spacial score (nSPS) is 17.4. The molecule has 0 saturated carbocycles. The van der Waals surface area contributed by atoms with Crippen molar-refractivity contribution < 1.29 is 19.5 Å². The number of carbonyl (C=O) groups is 2. The average Bonchev–Trinajstić information content (AvgIpc) is 2.86. The molecule has 1 fully saturated rings. The van der Waals surface area contributed by atoms with Crippen LogP contribution < -0.4 is 10.8 Å². The minimum Gasteiger partial charge on any atom is -0.422 e. The Morgan fingerprint density at radius 2 is 2.09 bits per heavy atom. The van der Waals surface area contributed by atoms with Gasteiger partial charge in [-0.3, -0.25) is 5.21 Å². The lowest BCUT2D eigenvalue weighted by molar-refractivity contribution is 0.0524. The number of amides is 3. The molecule has 0 bridgehead atoms. The van der Waals surface area contributed by atoms with Crippen molar-refractivity contribution in [2.75, 3.05) is 6.54 Å². The van der Waals surface area contributed by atoms with Crippen molar-refractivity contribution in [2.45, 2.75) is 12.8 Å². The molecule has 1 heterocycles. The lowest BCUT2D eigenvalue weighted by atomic mass is 10.1. The first kappa shape index (κ1) is 14.2. The van der Waals surface area contributed by atoms with Gasteiger partial charge in [0.1, 0.15) is 0 Å². The number of benzene rings is 2. The predicted molar refractivity (Wildman–Crippen MR) is 78.1 cm³/mol. The number of nitrogens with one attached hydrogen (secondary N) is 2. The summed E-state index contributed by atoms with van der Waals surface area (Å²) < 4.78 is 4.80. The number of rotatable bonds is 3. The van der Waals surface area contributed by atoms with E-state index in [2.05, 4.69) is 5.32 Å². The summed E-state index contributed by atoms with van der Waals surface area (Å²) in [4.78, 5) is 24.3. The molecule has 7 nitrogen and oxygen atoms in total. The summed E-state index contributed by atoms with van der Waals surface area (Å²) in [5, 5.41) is 13.2. The lowest BCUT2D eigenvalue weighted by Crippen LogP contribution is -2.34. The fourth-order valence-electron chi connectivity index (χ4n) is 2.47. The number of hydrogen-bond acceptors (Lipinski definition) is 4. The van der Waals surface area contributed by atoms with Gasteiger partial charge < -0.3 is 15.0 Å². The molecule has 7 heteroatoms. The summed E-state index contributed by atoms with van der Waals surface area (Å²) >= 11 is 0. The Bertz CT molecular complexity index is 719. The molecule has 3 amide bonds. The molecule has 2 aromatic carbocycles. The zero-order valence-electron chi connectivity index (χ0n) is 11.7. The monoisotopic (exact) mass is 301 g/mol. The molecule has 0 radical (unpaired) electrons. The molecule has 2 aromatic rings. The quantitative estimate of drug-likeness (QED) is 0.595. The van der Waals surface area contributed by atoms with E-state index < -0.39 is 12.3 Å². The molecule has 0 unspecified atom stereocenters. The second-order valence-electron chi connectivity index (χ2n) is 5.02. The van der Waals surface area contributed by atoms with Crippen LogP contribution in [0.3, 0.4) is 0 Å². The lowest BCUT2D eigenvalue weighted by Gasteiger charge is -2.15. The molecule has 3 rings (SSSR count). The second-order valence-corrected chi connectivity index (χ2v) is 5.02. The van der Waals surface area contributed by atoms with E-state index in [0.29, 0.717) is 6.54 Å². The van der Waals surface area contributed by atoms with Crippen molar-refractivity contribution in [1.29, 1.82) is 0 Å². The van der Waals surface area contributed by atoms with E-state index in [9.17, 15) is 9.59 Å². The van der Waals surface area contributed by atoms with Gasteiger partial charge in [0.15, 0.2) is 6.23 Å². The van der Waals surface area contributed by atoms with E-state index in [0.717, 1.165) is 16.3 Å². The standard InChI is InChI=1S/C15H15N3O4/c19-14-16-13(22-15(20)17-21)9-18(14)8-10-5-6-11-3-1-2-4-12(11)7-10/h1-7,13,21H,8-9H2,(H,16,19)(H,17,20)/t13-/m1/s1. The summed E-state index contributed by atoms with van der Waals surface area (Å²) in [6.45, 7) is 0.635. The highest BCUT2D eigenvalue weighted by atomic mass is 16.6. The van der Waals surface area contributed by atoms with Crippen molar-refractivity contribution in [2.24, 2.45) is 0 Å². The zero-order valence-corrected chi connectivity index (χ0v) is 11.7. The Morgan fingerprint density at radius 1 is 1.32 bits per heavy atom. The summed E-state index contributed by atoms with van der Waals surface area (Å²) in [7, 11) is 0. The van der Waals surface area contributed by atoms with Gasteiger partial charge in [-0.1, -0.05) is 36.4 Å². The van der Waals surface area contributed by atoms with E-state index in [1.54, 1.807) is 4.90 Å². The van der Waals surface area contributed by atoms with Crippen LogP contribution in [0, 0.1) is 0 Å². The third-order valence-corrected chi connectivity index (χ3v) is 3.49. The van der Waals surface area contributed by atoms with Crippen LogP contribution in [0.15, 0.2) is 42.5 Å². The van der Waals surface area contributed by atoms with Crippen molar-refractivity contribution in [3.63, 3.8) is 0 Å². The van der Waals surface area contributed by atoms with Crippen LogP contribution >= 0.6 is 0 Å². The fraction of sp³-hybridized carbons (Fsp3) is 0.200. The Labute approximate surface area is 126 Å². The van der Waals surface area contributed by atoms with Crippen LogP contribution in [0.1, 0.15) is 5.56 Å². The number of hydrogen-bond donors (Lipinski definition) is 3. The first-order valence-corrected chi connectivity index (χ1v) is 6.79. The first-order chi connectivity index (χ1) is 10.7. The Balaban J connectivity index is 1.69. The smallest absolute Gasteiger partial charge is 0.422 e. The topological polar surface area (TPSA) is 90.9 Å². The van der Waals surface area contributed by atoms with Gasteiger partial charge in [-0.2, -0.15) is 0 Å². The number of nitrogens with zero attached hydrogens (tertiary/aromatic N) is 1. The molecular weight excluding hydrogens is 286 g/mol. The Kier molecular flexibility index (Phi) is 3.80. The number of urea groups is 1. The molecule has 22 heavy (non-hydrogen) atoms. The largest absolute Gasteiger partial charge is 0.433 e. The van der Waals surface area contributed by atoms with Crippen molar-refractivity contribution in [3.05, 3.63) is 48.0 Å². The summed E-state index contributed by atoms with van der Waals surface area (Å²) in [6, 6.07) is 13.7. The third kappa shape index (κ3) is 2.94. The highest BCUT2D eigenvalue weighted by Crippen LogP contribution is 2.18. The fourth-order valence-corrected chi connectivity index (χ4v) is 2.47. The van der Waals surface area contributed by atoms with E-state index in [-0.39, 0.29) is 12.6 Å². The minimum atomic E-state index is -1.00. The van der Waals surface area contributed by atoms with Gasteiger partial charge in [0.25, 0.3) is 0 Å². The molecule has 3 N–H and O–H groups in total. The highest BCUT2D eigenvalue weighted by Gasteiger charge is 2.31. The van der Waals surface area contributed by atoms with E-state index >= 15 is 0 Å². The predicted octanol–water partition coefficient (Wildman–Crippen LogP) is 1.81. The number of hydroxylamine groups is 1. The maximum Gasteiger partial charge on any atom is 0.433 e. The molecule has 0 aromatic heterocycles. The van der Waals surface area contributed by atoms with Crippen LogP contribution in [0.5, 0.6) is 0 Å². The third-order valence-electron chi connectivity index (χ3n) is 3.49. The number of fused-ring (bicyclic) bond motifs is 1. The Hall–Kier alpha value is -2.80. The summed E-state index contributed by atoms with van der Waals surface area (Å²) in [5.74, 6) is 0. The minimum absolute atomic E-state index is 0.221. The molecule has 1 aliphatic heterocycles. The number of carbonyl (C=O) groups excluding carboxylic acids is 2. The van der Waals surface area contributed by atoms with Crippen molar-refractivity contribution in [1.82, 2.24) is 15.7 Å². The Morgan fingerprint density at radius 3 is 2.86 bits per heavy atom. The highest BCUT2D eigenvalue weighted by molar-refractivity contribution is 5.83. The van der Waals surface area contributed by atoms with Gasteiger partial charge in [0.2, 0.25) is 0 Å². The zero-order chi connectivity index (χ0) is 15.5. The average molecular weight is 301 g/mol. The second kappa shape index (κ2) is 5.90. The van der Waals surface area contributed by atoms with Gasteiger partial charge in [-0.25, -0.2) is 15.1 Å². The van der Waals surface area contributed by atoms with Crippen LogP contribution in [-0.2, 0) is 11.3 Å². The van der Waals surface area contributed by atoms with Crippen molar-refractivity contribution in [3.8, 4) is 0 Å². The van der Waals surface area contributed by atoms with E-state index in [4.69, 9.17) is 9.94 Å². The summed E-state index contributed by atoms with van der Waals surface area (Å²) in [6.07, 6.45) is -1.78. The molecule has 0 spiro atoms.